The molecule has 0 radical (unpaired) electrons. The van der Waals surface area contributed by atoms with E-state index >= 15 is 4.39 Å². The molecule has 0 saturated carbocycles. The monoisotopic (exact) mass is 494 g/mol. The molecule has 3 atom stereocenters. The molecule has 3 aromatic carbocycles. The molecule has 0 heterocycles. The van der Waals surface area contributed by atoms with E-state index in [0.717, 1.165) is 48.8 Å². The van der Waals surface area contributed by atoms with E-state index in [1.54, 1.807) is 0 Å². The molecule has 1 nitrogen and oxygen atoms in total. The molecule has 0 saturated heterocycles. The number of hydrogen-bond donors (Lipinski definition) is 0. The summed E-state index contributed by atoms with van der Waals surface area (Å²) in [6, 6.07) is 22.8. The van der Waals surface area contributed by atoms with E-state index in [4.69, 9.17) is 4.74 Å². The third-order valence-corrected chi connectivity index (χ3v) is 7.89. The van der Waals surface area contributed by atoms with Gasteiger partial charge in [-0.25, -0.2) is 4.39 Å². The van der Waals surface area contributed by atoms with E-state index in [-0.39, 0.29) is 5.82 Å². The minimum atomic E-state index is -0.141. The maximum absolute atomic E-state index is 15.5. The molecule has 4 rings (SSSR count). The van der Waals surface area contributed by atoms with Gasteiger partial charge >= 0.3 is 0 Å². The van der Waals surface area contributed by atoms with Gasteiger partial charge in [0.1, 0.15) is 18.2 Å². The summed E-state index contributed by atoms with van der Waals surface area (Å²) in [5.74, 6) is 2.13. The van der Waals surface area contributed by atoms with Crippen molar-refractivity contribution in [2.75, 3.05) is 0 Å². The Balaban J connectivity index is 1.53. The summed E-state index contributed by atoms with van der Waals surface area (Å²) in [4.78, 5) is 0. The number of aryl methyl sites for hydroxylation is 1. The number of halogens is 2. The van der Waals surface area contributed by atoms with Crippen LogP contribution in [0.2, 0.25) is 0 Å². The Hall–Kier alpha value is -2.13. The topological polar surface area (TPSA) is 9.23 Å². The molecule has 1 aliphatic carbocycles. The van der Waals surface area contributed by atoms with Crippen LogP contribution in [0.4, 0.5) is 4.39 Å². The lowest BCUT2D eigenvalue weighted by Crippen LogP contribution is -2.29. The molecular weight excluding hydrogens is 463 g/mol. The molecule has 1 aliphatic rings. The predicted octanol–water partition coefficient (Wildman–Crippen LogP) is 8.18. The summed E-state index contributed by atoms with van der Waals surface area (Å²) >= 11 is 3.49. The minimum Gasteiger partial charge on any atom is -0.488 e. The zero-order valence-electron chi connectivity index (χ0n) is 19.0. The summed E-state index contributed by atoms with van der Waals surface area (Å²) in [7, 11) is 0. The molecule has 0 aliphatic heterocycles. The van der Waals surface area contributed by atoms with Crippen molar-refractivity contribution in [2.45, 2.75) is 52.6 Å². The third-order valence-electron chi connectivity index (χ3n) is 7.15. The second-order valence-electron chi connectivity index (χ2n) is 9.16. The van der Waals surface area contributed by atoms with Crippen LogP contribution in [0.5, 0.6) is 5.75 Å². The standard InChI is InChI=1S/C29H32BrFO/c1-3-20(2)25(16-21-10-6-4-7-11-21)23-14-15-24-18-27(28(30)29(31)26(24)17-23)32-19-22-12-8-5-9-13-22/h4-13,18,20,23,25H,3,14-17,19H2,1-2H3/t20?,23-,25?/m1/s1. The SMILES string of the molecule is CCC(C)C(Cc1ccccc1)[C@@H]1CCc2cc(OCc3ccccc3)c(Br)c(F)c2C1. The van der Waals surface area contributed by atoms with Gasteiger partial charge in [0.25, 0.3) is 0 Å². The molecule has 168 valence electrons. The van der Waals surface area contributed by atoms with E-state index < -0.39 is 0 Å². The van der Waals surface area contributed by atoms with Gasteiger partial charge in [0.15, 0.2) is 0 Å². The van der Waals surface area contributed by atoms with Crippen molar-refractivity contribution in [2.24, 2.45) is 17.8 Å². The zero-order valence-corrected chi connectivity index (χ0v) is 20.6. The fraction of sp³-hybridized carbons (Fsp3) is 0.379. The van der Waals surface area contributed by atoms with Gasteiger partial charge in [-0.05, 0) is 87.7 Å². The highest BCUT2D eigenvalue weighted by Crippen LogP contribution is 2.41. The number of hydrogen-bond acceptors (Lipinski definition) is 1. The minimum absolute atomic E-state index is 0.141. The average Bonchev–Trinajstić information content (AvgIpc) is 2.84. The van der Waals surface area contributed by atoms with Crippen LogP contribution in [0.25, 0.3) is 0 Å². The molecule has 0 spiro atoms. The van der Waals surface area contributed by atoms with Crippen molar-refractivity contribution < 1.29 is 9.13 Å². The third kappa shape index (κ3) is 5.26. The molecule has 32 heavy (non-hydrogen) atoms. The van der Waals surface area contributed by atoms with Crippen LogP contribution >= 0.6 is 15.9 Å². The van der Waals surface area contributed by atoms with Crippen LogP contribution in [0.15, 0.2) is 71.2 Å². The van der Waals surface area contributed by atoms with Gasteiger partial charge < -0.3 is 4.74 Å². The maximum Gasteiger partial charge on any atom is 0.144 e. The average molecular weight is 495 g/mol. The lowest BCUT2D eigenvalue weighted by atomic mass is 9.70. The Morgan fingerprint density at radius 3 is 2.34 bits per heavy atom. The van der Waals surface area contributed by atoms with Gasteiger partial charge in [-0.3, -0.25) is 0 Å². The number of benzene rings is 3. The Morgan fingerprint density at radius 2 is 1.69 bits per heavy atom. The quantitative estimate of drug-likeness (QED) is 0.306. The fourth-order valence-electron chi connectivity index (χ4n) is 5.07. The van der Waals surface area contributed by atoms with Gasteiger partial charge in [0.2, 0.25) is 0 Å². The first-order valence-electron chi connectivity index (χ1n) is 11.8. The second kappa shape index (κ2) is 10.7. The summed E-state index contributed by atoms with van der Waals surface area (Å²) < 4.78 is 21.9. The van der Waals surface area contributed by atoms with Crippen LogP contribution in [-0.2, 0) is 25.9 Å². The Bertz CT molecular complexity index is 1020. The Kier molecular flexibility index (Phi) is 7.67. The number of ether oxygens (including phenoxy) is 1. The molecule has 0 amide bonds. The molecule has 3 aromatic rings. The van der Waals surface area contributed by atoms with Crippen LogP contribution in [-0.4, -0.2) is 0 Å². The first-order chi connectivity index (χ1) is 15.6. The number of fused-ring (bicyclic) bond motifs is 1. The first-order valence-corrected chi connectivity index (χ1v) is 12.6. The number of rotatable bonds is 8. The van der Waals surface area contributed by atoms with Crippen LogP contribution in [0.3, 0.4) is 0 Å². The smallest absolute Gasteiger partial charge is 0.144 e. The van der Waals surface area contributed by atoms with Gasteiger partial charge in [-0.2, -0.15) is 0 Å². The molecule has 0 N–H and O–H groups in total. The van der Waals surface area contributed by atoms with Gasteiger partial charge in [-0.1, -0.05) is 80.9 Å². The van der Waals surface area contributed by atoms with Crippen molar-refractivity contribution >= 4 is 15.9 Å². The van der Waals surface area contributed by atoms with Gasteiger partial charge in [-0.15, -0.1) is 0 Å². The van der Waals surface area contributed by atoms with E-state index in [9.17, 15) is 0 Å². The fourth-order valence-corrected chi connectivity index (χ4v) is 5.53. The summed E-state index contributed by atoms with van der Waals surface area (Å²) in [6.07, 6.45) is 5.04. The van der Waals surface area contributed by atoms with E-state index in [1.807, 2.05) is 30.3 Å². The van der Waals surface area contributed by atoms with Gasteiger partial charge in [0, 0.05) is 0 Å². The Labute approximate surface area is 200 Å². The van der Waals surface area contributed by atoms with E-state index in [2.05, 4.69) is 66.2 Å². The largest absolute Gasteiger partial charge is 0.488 e. The van der Waals surface area contributed by atoms with Crippen molar-refractivity contribution in [3.63, 3.8) is 0 Å². The summed E-state index contributed by atoms with van der Waals surface area (Å²) in [5.41, 5.74) is 4.44. The van der Waals surface area contributed by atoms with Crippen molar-refractivity contribution in [3.8, 4) is 5.75 Å². The lowest BCUT2D eigenvalue weighted by molar-refractivity contribution is 0.209. The molecule has 2 unspecified atom stereocenters. The van der Waals surface area contributed by atoms with Crippen molar-refractivity contribution in [3.05, 3.63) is 99.3 Å². The van der Waals surface area contributed by atoms with E-state index in [0.29, 0.717) is 34.6 Å². The summed E-state index contributed by atoms with van der Waals surface area (Å²) in [5, 5.41) is 0. The summed E-state index contributed by atoms with van der Waals surface area (Å²) in [6.45, 7) is 5.07. The van der Waals surface area contributed by atoms with Crippen LogP contribution in [0.1, 0.15) is 48.9 Å². The molecule has 0 bridgehead atoms. The van der Waals surface area contributed by atoms with Crippen molar-refractivity contribution in [1.29, 1.82) is 0 Å². The molecular formula is C29H32BrFO. The lowest BCUT2D eigenvalue weighted by Gasteiger charge is -2.36. The van der Waals surface area contributed by atoms with E-state index in [1.165, 1.54) is 5.56 Å². The second-order valence-corrected chi connectivity index (χ2v) is 9.95. The molecule has 0 fully saturated rings. The zero-order chi connectivity index (χ0) is 22.5. The van der Waals surface area contributed by atoms with Gasteiger partial charge in [0.05, 0.1) is 4.47 Å². The maximum atomic E-state index is 15.5. The highest BCUT2D eigenvalue weighted by Gasteiger charge is 2.32. The molecule has 0 aromatic heterocycles. The highest BCUT2D eigenvalue weighted by atomic mass is 79.9. The van der Waals surface area contributed by atoms with Crippen molar-refractivity contribution in [1.82, 2.24) is 0 Å². The van der Waals surface area contributed by atoms with Crippen LogP contribution < -0.4 is 4.74 Å². The van der Waals surface area contributed by atoms with Crippen LogP contribution in [0, 0.1) is 23.6 Å². The first kappa shape index (κ1) is 23.0. The Morgan fingerprint density at radius 1 is 1.03 bits per heavy atom. The normalized spacial score (nSPS) is 17.4. The predicted molar refractivity (Wildman–Crippen MR) is 133 cm³/mol. The molecule has 3 heteroatoms. The highest BCUT2D eigenvalue weighted by molar-refractivity contribution is 9.10.